The summed E-state index contributed by atoms with van der Waals surface area (Å²) in [6, 6.07) is 5.12. The first-order valence-electron chi connectivity index (χ1n) is 7.75. The normalized spacial score (nSPS) is 22.5. The second-order valence-corrected chi connectivity index (χ2v) is 6.57. The predicted molar refractivity (Wildman–Crippen MR) is 84.3 cm³/mol. The van der Waals surface area contributed by atoms with E-state index in [2.05, 4.69) is 10.6 Å². The molecular formula is C16H21ClN2O3. The van der Waals surface area contributed by atoms with Crippen LogP contribution < -0.4 is 15.4 Å². The van der Waals surface area contributed by atoms with Crippen LogP contribution >= 0.6 is 11.6 Å². The molecule has 1 aliphatic heterocycles. The van der Waals surface area contributed by atoms with Crippen LogP contribution in [0.4, 0.5) is 4.79 Å². The van der Waals surface area contributed by atoms with Gasteiger partial charge < -0.3 is 20.5 Å². The van der Waals surface area contributed by atoms with Gasteiger partial charge in [-0.2, -0.15) is 0 Å². The van der Waals surface area contributed by atoms with Gasteiger partial charge in [0.05, 0.1) is 18.2 Å². The third kappa shape index (κ3) is 3.47. The number of halogens is 1. The molecule has 1 fully saturated rings. The van der Waals surface area contributed by atoms with Crippen LogP contribution in [0.5, 0.6) is 5.75 Å². The Morgan fingerprint density at radius 2 is 2.23 bits per heavy atom. The number of carbonyl (C=O) groups excluding carboxylic acids is 1. The Labute approximate surface area is 135 Å². The lowest BCUT2D eigenvalue weighted by Gasteiger charge is -2.36. The summed E-state index contributed by atoms with van der Waals surface area (Å²) in [7, 11) is 0. The highest BCUT2D eigenvalue weighted by atomic mass is 35.5. The number of carbonyl (C=O) groups is 1. The third-order valence-corrected chi connectivity index (χ3v) is 4.65. The first-order valence-corrected chi connectivity index (χ1v) is 8.13. The minimum absolute atomic E-state index is 0.106. The van der Waals surface area contributed by atoms with Crippen molar-refractivity contribution in [2.24, 2.45) is 0 Å². The Morgan fingerprint density at radius 1 is 1.41 bits per heavy atom. The molecule has 0 bridgehead atoms. The van der Waals surface area contributed by atoms with Crippen LogP contribution in [0.15, 0.2) is 18.2 Å². The lowest BCUT2D eigenvalue weighted by atomic mass is 9.80. The highest BCUT2D eigenvalue weighted by Gasteiger charge is 2.34. The molecule has 0 radical (unpaired) electrons. The number of fused-ring (bicyclic) bond motifs is 1. The van der Waals surface area contributed by atoms with Crippen molar-refractivity contribution >= 4 is 17.6 Å². The van der Waals surface area contributed by atoms with E-state index in [1.165, 1.54) is 0 Å². The van der Waals surface area contributed by atoms with E-state index < -0.39 is 5.60 Å². The molecular weight excluding hydrogens is 304 g/mol. The molecule has 1 aromatic rings. The molecule has 22 heavy (non-hydrogen) atoms. The Bertz CT molecular complexity index is 560. The van der Waals surface area contributed by atoms with Crippen LogP contribution in [0, 0.1) is 0 Å². The van der Waals surface area contributed by atoms with Crippen molar-refractivity contribution in [3.63, 3.8) is 0 Å². The van der Waals surface area contributed by atoms with Gasteiger partial charge in [-0.05, 0) is 44.2 Å². The summed E-state index contributed by atoms with van der Waals surface area (Å²) in [4.78, 5) is 12.1. The Hall–Kier alpha value is -1.46. The van der Waals surface area contributed by atoms with Crippen molar-refractivity contribution in [2.75, 3.05) is 13.2 Å². The number of hydrogen-bond acceptors (Lipinski definition) is 3. The maximum absolute atomic E-state index is 12.1. The lowest BCUT2D eigenvalue weighted by molar-refractivity contribution is -0.0290. The fourth-order valence-electron chi connectivity index (χ4n) is 2.91. The molecule has 1 unspecified atom stereocenters. The molecule has 3 rings (SSSR count). The molecule has 1 aliphatic carbocycles. The smallest absolute Gasteiger partial charge is 0.315 e. The zero-order valence-corrected chi connectivity index (χ0v) is 13.2. The van der Waals surface area contributed by atoms with Gasteiger partial charge in [-0.3, -0.25) is 0 Å². The fourth-order valence-corrected chi connectivity index (χ4v) is 3.07. The molecule has 1 aromatic carbocycles. The molecule has 3 N–H and O–H groups in total. The SMILES string of the molecule is O=C(NCC1(O)CCC1)NC1CCCOc2cc(Cl)ccc21. The topological polar surface area (TPSA) is 70.6 Å². The fraction of sp³-hybridized carbons (Fsp3) is 0.562. The minimum atomic E-state index is -0.713. The van der Waals surface area contributed by atoms with Crippen molar-refractivity contribution in [1.29, 1.82) is 0 Å². The molecule has 5 nitrogen and oxygen atoms in total. The Balaban J connectivity index is 1.63. The standard InChI is InChI=1S/C16H21ClN2O3/c17-11-4-5-12-13(3-1-8-22-14(12)9-11)19-15(20)18-10-16(21)6-2-7-16/h4-5,9,13,21H,1-3,6-8,10H2,(H2,18,19,20). The maximum Gasteiger partial charge on any atom is 0.315 e. The maximum atomic E-state index is 12.1. The molecule has 6 heteroatoms. The number of hydrogen-bond donors (Lipinski definition) is 3. The van der Waals surface area contributed by atoms with E-state index in [1.54, 1.807) is 12.1 Å². The number of ether oxygens (including phenoxy) is 1. The summed E-state index contributed by atoms with van der Waals surface area (Å²) in [6.07, 6.45) is 4.21. The second-order valence-electron chi connectivity index (χ2n) is 6.13. The van der Waals surface area contributed by atoms with Crippen LogP contribution in [0.2, 0.25) is 5.02 Å². The molecule has 1 heterocycles. The number of amides is 2. The lowest BCUT2D eigenvalue weighted by Crippen LogP contribution is -2.50. The number of benzene rings is 1. The summed E-state index contributed by atoms with van der Waals surface area (Å²) in [5.74, 6) is 0.730. The number of nitrogens with one attached hydrogen (secondary N) is 2. The zero-order chi connectivity index (χ0) is 15.6. The van der Waals surface area contributed by atoms with Gasteiger partial charge in [0.1, 0.15) is 5.75 Å². The summed E-state index contributed by atoms with van der Waals surface area (Å²) < 4.78 is 5.69. The van der Waals surface area contributed by atoms with Crippen LogP contribution in [-0.4, -0.2) is 29.9 Å². The predicted octanol–water partition coefficient (Wildman–Crippen LogP) is 2.77. The summed E-state index contributed by atoms with van der Waals surface area (Å²) >= 11 is 6.00. The van der Waals surface area contributed by atoms with E-state index in [0.29, 0.717) is 18.2 Å². The average Bonchev–Trinajstić information content (AvgIpc) is 2.65. The highest BCUT2D eigenvalue weighted by Crippen LogP contribution is 2.34. The summed E-state index contributed by atoms with van der Waals surface area (Å²) in [6.45, 7) is 0.919. The largest absolute Gasteiger partial charge is 0.493 e. The van der Waals surface area contributed by atoms with Crippen LogP contribution in [0.25, 0.3) is 0 Å². The van der Waals surface area contributed by atoms with Crippen molar-refractivity contribution < 1.29 is 14.6 Å². The van der Waals surface area contributed by atoms with Crippen LogP contribution in [0.3, 0.4) is 0 Å². The summed E-state index contributed by atoms with van der Waals surface area (Å²) in [5, 5.41) is 16.4. The van der Waals surface area contributed by atoms with Gasteiger partial charge in [0, 0.05) is 17.1 Å². The van der Waals surface area contributed by atoms with Crippen molar-refractivity contribution in [2.45, 2.75) is 43.7 Å². The summed E-state index contributed by atoms with van der Waals surface area (Å²) in [5.41, 5.74) is 0.231. The van der Waals surface area contributed by atoms with Gasteiger partial charge in [0.2, 0.25) is 0 Å². The average molecular weight is 325 g/mol. The Morgan fingerprint density at radius 3 is 2.95 bits per heavy atom. The van der Waals surface area contributed by atoms with E-state index in [-0.39, 0.29) is 12.1 Å². The van der Waals surface area contributed by atoms with Gasteiger partial charge in [0.25, 0.3) is 0 Å². The van der Waals surface area contributed by atoms with Crippen molar-refractivity contribution in [3.05, 3.63) is 28.8 Å². The van der Waals surface area contributed by atoms with Gasteiger partial charge in [-0.1, -0.05) is 17.7 Å². The molecule has 0 aromatic heterocycles. The van der Waals surface area contributed by atoms with Crippen molar-refractivity contribution in [1.82, 2.24) is 10.6 Å². The molecule has 0 saturated heterocycles. The zero-order valence-electron chi connectivity index (χ0n) is 12.4. The number of urea groups is 1. The van der Waals surface area contributed by atoms with Crippen LogP contribution in [-0.2, 0) is 0 Å². The first kappa shape index (κ1) is 15.4. The van der Waals surface area contributed by atoms with Gasteiger partial charge in [-0.15, -0.1) is 0 Å². The quantitative estimate of drug-likeness (QED) is 0.800. The Kier molecular flexibility index (Phi) is 4.45. The third-order valence-electron chi connectivity index (χ3n) is 4.41. The van der Waals surface area contributed by atoms with E-state index in [9.17, 15) is 9.90 Å². The second kappa shape index (κ2) is 6.34. The van der Waals surface area contributed by atoms with Crippen LogP contribution in [0.1, 0.15) is 43.7 Å². The van der Waals surface area contributed by atoms with Gasteiger partial charge >= 0.3 is 6.03 Å². The van der Waals surface area contributed by atoms with Crippen molar-refractivity contribution in [3.8, 4) is 5.75 Å². The van der Waals surface area contributed by atoms with E-state index >= 15 is 0 Å². The monoisotopic (exact) mass is 324 g/mol. The van der Waals surface area contributed by atoms with E-state index in [0.717, 1.165) is 43.4 Å². The first-order chi connectivity index (χ1) is 10.6. The van der Waals surface area contributed by atoms with E-state index in [1.807, 2.05) is 6.07 Å². The molecule has 120 valence electrons. The highest BCUT2D eigenvalue weighted by molar-refractivity contribution is 6.30. The molecule has 0 spiro atoms. The van der Waals surface area contributed by atoms with E-state index in [4.69, 9.17) is 16.3 Å². The number of rotatable bonds is 3. The molecule has 2 amide bonds. The molecule has 1 atom stereocenters. The molecule has 2 aliphatic rings. The minimum Gasteiger partial charge on any atom is -0.493 e. The molecule has 1 saturated carbocycles. The number of aliphatic hydroxyl groups is 1. The van der Waals surface area contributed by atoms with Gasteiger partial charge in [0.15, 0.2) is 0 Å². The van der Waals surface area contributed by atoms with Gasteiger partial charge in [-0.25, -0.2) is 4.79 Å².